The van der Waals surface area contributed by atoms with Gasteiger partial charge in [0.25, 0.3) is 11.5 Å². The van der Waals surface area contributed by atoms with Crippen LogP contribution in [0.4, 0.5) is 13.2 Å². The molecule has 1 N–H and O–H groups in total. The van der Waals surface area contributed by atoms with E-state index in [2.05, 4.69) is 15.2 Å². The maximum Gasteiger partial charge on any atom is 0.423 e. The van der Waals surface area contributed by atoms with Gasteiger partial charge in [-0.1, -0.05) is 30.3 Å². The van der Waals surface area contributed by atoms with Crippen molar-refractivity contribution < 1.29 is 22.7 Å². The third-order valence-corrected chi connectivity index (χ3v) is 6.56. The molecule has 13 heteroatoms. The lowest BCUT2D eigenvalue weighted by Gasteiger charge is -2.26. The number of aromatic amines is 1. The molecule has 10 nitrogen and oxygen atoms in total. The summed E-state index contributed by atoms with van der Waals surface area (Å²) in [4.78, 5) is 31.1. The van der Waals surface area contributed by atoms with E-state index in [1.807, 2.05) is 5.10 Å². The van der Waals surface area contributed by atoms with E-state index in [-0.39, 0.29) is 12.5 Å². The molecule has 0 bridgehead atoms. The Labute approximate surface area is 218 Å². The number of hydrogen-bond donors (Lipinski definition) is 1. The largest absolute Gasteiger partial charge is 0.487 e. The smallest absolute Gasteiger partial charge is 0.423 e. The average Bonchev–Trinajstić information content (AvgIpc) is 3.55. The van der Waals surface area contributed by atoms with Gasteiger partial charge < -0.3 is 14.2 Å². The van der Waals surface area contributed by atoms with Gasteiger partial charge in [0.15, 0.2) is 0 Å². The lowest BCUT2D eigenvalue weighted by Crippen LogP contribution is -2.38. The number of nitrogens with one attached hydrogen (secondary N) is 1. The second kappa shape index (κ2) is 9.42. The lowest BCUT2D eigenvalue weighted by atomic mass is 10.1. The van der Waals surface area contributed by atoms with Crippen LogP contribution in [0.3, 0.4) is 0 Å². The van der Waals surface area contributed by atoms with Crippen LogP contribution in [0.2, 0.25) is 0 Å². The van der Waals surface area contributed by atoms with Crippen LogP contribution in [0.1, 0.15) is 27.4 Å². The lowest BCUT2D eigenvalue weighted by molar-refractivity contribution is -0.138. The van der Waals surface area contributed by atoms with Gasteiger partial charge in [0, 0.05) is 29.1 Å². The van der Waals surface area contributed by atoms with Crippen molar-refractivity contribution in [3.63, 3.8) is 0 Å². The fraction of sp³-hybridized carbons (Fsp3) is 0.192. The minimum atomic E-state index is -4.91. The van der Waals surface area contributed by atoms with Gasteiger partial charge >= 0.3 is 6.18 Å². The van der Waals surface area contributed by atoms with Gasteiger partial charge in [0.1, 0.15) is 30.1 Å². The van der Waals surface area contributed by atoms with Gasteiger partial charge in [-0.15, -0.1) is 0 Å². The van der Waals surface area contributed by atoms with Crippen molar-refractivity contribution in [2.45, 2.75) is 25.9 Å². The maximum absolute atomic E-state index is 13.8. The predicted octanol–water partition coefficient (Wildman–Crippen LogP) is 3.56. The fourth-order valence-electron chi connectivity index (χ4n) is 4.72. The van der Waals surface area contributed by atoms with E-state index >= 15 is 0 Å². The Morgan fingerprint density at radius 3 is 2.79 bits per heavy atom. The standard InChI is InChI=1S/C26H20F3N7O3/c27-26(28,29)23-20(11-31-33-24(23)37)35-12-17-4-1-2-7-19(17)21(35)14-39-18-6-3-5-16(10-18)25(38)34-8-9-36-22(13-34)30-15-32-36/h1-7,10-12,15H,8-9,13-14H2,(H,33,37). The molecule has 5 aromatic rings. The highest BCUT2D eigenvalue weighted by Gasteiger charge is 2.38. The van der Waals surface area contributed by atoms with E-state index in [0.29, 0.717) is 53.2 Å². The number of carbonyl (C=O) groups excluding carboxylic acids is 1. The molecule has 0 radical (unpaired) electrons. The Kier molecular flexibility index (Phi) is 5.89. The zero-order valence-electron chi connectivity index (χ0n) is 20.2. The molecule has 0 aliphatic carbocycles. The van der Waals surface area contributed by atoms with Crippen LogP contribution in [0, 0.1) is 0 Å². The molecule has 0 atom stereocenters. The number of carbonyl (C=O) groups is 1. The number of amides is 1. The average molecular weight is 535 g/mol. The molecule has 3 aromatic heterocycles. The monoisotopic (exact) mass is 535 g/mol. The third kappa shape index (κ3) is 4.51. The molecular weight excluding hydrogens is 515 g/mol. The van der Waals surface area contributed by atoms with E-state index < -0.39 is 23.0 Å². The van der Waals surface area contributed by atoms with Crippen LogP contribution in [-0.4, -0.2) is 46.9 Å². The molecule has 6 rings (SSSR count). The number of H-pyrrole nitrogens is 1. The molecule has 39 heavy (non-hydrogen) atoms. The van der Waals surface area contributed by atoms with E-state index in [4.69, 9.17) is 4.74 Å². The highest BCUT2D eigenvalue weighted by Crippen LogP contribution is 2.34. The number of hydrogen-bond acceptors (Lipinski definition) is 6. The first-order chi connectivity index (χ1) is 18.8. The van der Waals surface area contributed by atoms with Gasteiger partial charge in [-0.25, -0.2) is 14.8 Å². The van der Waals surface area contributed by atoms with E-state index in [9.17, 15) is 22.8 Å². The summed E-state index contributed by atoms with van der Waals surface area (Å²) in [6.07, 6.45) is -0.979. The SMILES string of the molecule is O=C(c1cccc(OCc2c3ccccc3cn2-c2cn[nH]c(=O)c2C(F)(F)F)c1)N1CCn2ncnc2C1. The normalized spacial score (nSPS) is 13.5. The van der Waals surface area contributed by atoms with Crippen molar-refractivity contribution in [1.82, 2.24) is 34.4 Å². The molecule has 2 aromatic carbocycles. The minimum Gasteiger partial charge on any atom is -0.487 e. The summed E-state index contributed by atoms with van der Waals surface area (Å²) < 4.78 is 50.5. The minimum absolute atomic E-state index is 0.137. The molecule has 0 unspecified atom stereocenters. The Balaban J connectivity index is 1.31. The summed E-state index contributed by atoms with van der Waals surface area (Å²) >= 11 is 0. The maximum atomic E-state index is 13.8. The predicted molar refractivity (Wildman–Crippen MR) is 132 cm³/mol. The van der Waals surface area contributed by atoms with Gasteiger partial charge in [-0.05, 0) is 18.2 Å². The number of ether oxygens (including phenoxy) is 1. The first-order valence-corrected chi connectivity index (χ1v) is 11.9. The molecule has 1 amide bonds. The molecule has 198 valence electrons. The summed E-state index contributed by atoms with van der Waals surface area (Å²) in [6, 6.07) is 13.6. The van der Waals surface area contributed by atoms with Crippen molar-refractivity contribution in [1.29, 1.82) is 0 Å². The second-order valence-electron chi connectivity index (χ2n) is 8.93. The van der Waals surface area contributed by atoms with Crippen molar-refractivity contribution in [3.8, 4) is 11.4 Å². The Morgan fingerprint density at radius 1 is 1.10 bits per heavy atom. The van der Waals surface area contributed by atoms with E-state index in [1.165, 1.54) is 17.1 Å². The topological polar surface area (TPSA) is 111 Å². The van der Waals surface area contributed by atoms with Gasteiger partial charge in [0.05, 0.1) is 30.7 Å². The quantitative estimate of drug-likeness (QED) is 0.369. The van der Waals surface area contributed by atoms with E-state index in [1.54, 1.807) is 58.1 Å². The number of benzene rings is 2. The van der Waals surface area contributed by atoms with Gasteiger partial charge in [-0.3, -0.25) is 9.59 Å². The Bertz CT molecular complexity index is 1760. The van der Waals surface area contributed by atoms with Crippen LogP contribution in [-0.2, 0) is 25.9 Å². The first-order valence-electron chi connectivity index (χ1n) is 11.9. The van der Waals surface area contributed by atoms with Crippen LogP contribution < -0.4 is 10.3 Å². The molecule has 0 spiro atoms. The summed E-state index contributed by atoms with van der Waals surface area (Å²) in [5, 5.41) is 10.9. The number of aromatic nitrogens is 6. The van der Waals surface area contributed by atoms with Crippen molar-refractivity contribution in [2.75, 3.05) is 6.54 Å². The molecule has 4 heterocycles. The molecule has 0 saturated carbocycles. The van der Waals surface area contributed by atoms with Crippen LogP contribution in [0.15, 0.2) is 72.0 Å². The zero-order chi connectivity index (χ0) is 27.1. The molecule has 0 saturated heterocycles. The highest BCUT2D eigenvalue weighted by molar-refractivity contribution is 5.94. The van der Waals surface area contributed by atoms with Crippen molar-refractivity contribution in [3.05, 3.63) is 100 Å². The van der Waals surface area contributed by atoms with Crippen molar-refractivity contribution in [2.24, 2.45) is 0 Å². The number of halogens is 3. The first kappa shape index (κ1) is 24.4. The Hall–Kier alpha value is -4.94. The van der Waals surface area contributed by atoms with Gasteiger partial charge in [0.2, 0.25) is 0 Å². The van der Waals surface area contributed by atoms with Crippen LogP contribution in [0.5, 0.6) is 5.75 Å². The fourth-order valence-corrected chi connectivity index (χ4v) is 4.72. The third-order valence-electron chi connectivity index (χ3n) is 6.56. The summed E-state index contributed by atoms with van der Waals surface area (Å²) in [5.74, 6) is 0.855. The molecular formula is C26H20F3N7O3. The zero-order valence-corrected chi connectivity index (χ0v) is 20.2. The summed E-state index contributed by atoms with van der Waals surface area (Å²) in [5.41, 5.74) is -2.33. The van der Waals surface area contributed by atoms with E-state index in [0.717, 1.165) is 6.20 Å². The van der Waals surface area contributed by atoms with Gasteiger partial charge in [-0.2, -0.15) is 23.4 Å². The van der Waals surface area contributed by atoms with Crippen LogP contribution in [0.25, 0.3) is 16.5 Å². The Morgan fingerprint density at radius 2 is 1.95 bits per heavy atom. The number of alkyl halides is 3. The van der Waals surface area contributed by atoms with Crippen molar-refractivity contribution >= 4 is 16.7 Å². The van der Waals surface area contributed by atoms with Crippen LogP contribution >= 0.6 is 0 Å². The second-order valence-corrected chi connectivity index (χ2v) is 8.93. The molecule has 1 aliphatic rings. The summed E-state index contributed by atoms with van der Waals surface area (Å²) in [7, 11) is 0. The summed E-state index contributed by atoms with van der Waals surface area (Å²) in [6.45, 7) is 1.21. The number of fused-ring (bicyclic) bond motifs is 2. The molecule has 0 fully saturated rings. The molecule has 1 aliphatic heterocycles. The number of nitrogens with zero attached hydrogens (tertiary/aromatic N) is 6. The number of rotatable bonds is 5. The highest BCUT2D eigenvalue weighted by atomic mass is 19.4.